The lowest BCUT2D eigenvalue weighted by Crippen LogP contribution is -2.71. The number of hydrogen-bond acceptors (Lipinski definition) is 7. The average molecular weight is 356 g/mol. The Bertz CT molecular complexity index is 625. The first-order chi connectivity index (χ1) is 11.1. The number of nitrogens with two attached hydrogens (primary N) is 1. The van der Waals surface area contributed by atoms with Gasteiger partial charge in [-0.3, -0.25) is 4.79 Å². The molecule has 1 aromatic rings. The molecule has 9 heteroatoms. The molecule has 0 aromatic heterocycles. The molecule has 0 saturated carbocycles. The summed E-state index contributed by atoms with van der Waals surface area (Å²) >= 11 is 4.60. The maximum atomic E-state index is 11.4. The van der Waals surface area contributed by atoms with Crippen molar-refractivity contribution in [1.82, 2.24) is 5.32 Å². The van der Waals surface area contributed by atoms with Gasteiger partial charge < -0.3 is 36.2 Å². The van der Waals surface area contributed by atoms with E-state index in [1.165, 1.54) is 6.92 Å². The monoisotopic (exact) mass is 356 g/mol. The van der Waals surface area contributed by atoms with Gasteiger partial charge in [-0.1, -0.05) is 12.1 Å². The van der Waals surface area contributed by atoms with Crippen LogP contribution in [0.1, 0.15) is 12.5 Å². The van der Waals surface area contributed by atoms with Crippen LogP contribution in [0.5, 0.6) is 0 Å². The number of aliphatic hydroxyl groups is 4. The van der Waals surface area contributed by atoms with Gasteiger partial charge in [-0.2, -0.15) is 0 Å². The first-order valence-electron chi connectivity index (χ1n) is 7.24. The van der Waals surface area contributed by atoms with Gasteiger partial charge in [0.25, 0.3) is 0 Å². The van der Waals surface area contributed by atoms with E-state index in [1.54, 1.807) is 24.3 Å². The third kappa shape index (κ3) is 3.82. The number of amides is 1. The second-order valence-electron chi connectivity index (χ2n) is 5.80. The number of anilines is 1. The van der Waals surface area contributed by atoms with Crippen LogP contribution in [-0.4, -0.2) is 61.5 Å². The van der Waals surface area contributed by atoms with Gasteiger partial charge in [0.1, 0.15) is 18.2 Å². The van der Waals surface area contributed by atoms with Crippen molar-refractivity contribution in [2.24, 2.45) is 0 Å². The Labute approximate surface area is 143 Å². The zero-order valence-corrected chi connectivity index (χ0v) is 13.7. The Morgan fingerprint density at radius 1 is 1.33 bits per heavy atom. The molecule has 7 N–H and O–H groups in total. The third-order valence-electron chi connectivity index (χ3n) is 3.86. The van der Waals surface area contributed by atoms with Crippen molar-refractivity contribution in [2.75, 3.05) is 5.73 Å². The Morgan fingerprint density at radius 3 is 2.42 bits per heavy atom. The van der Waals surface area contributed by atoms with Crippen molar-refractivity contribution in [3.05, 3.63) is 29.8 Å². The van der Waals surface area contributed by atoms with Gasteiger partial charge in [0, 0.05) is 19.0 Å². The molecule has 1 aliphatic rings. The zero-order valence-electron chi connectivity index (χ0n) is 12.9. The number of rotatable bonds is 4. The van der Waals surface area contributed by atoms with Gasteiger partial charge in [-0.05, 0) is 29.9 Å². The van der Waals surface area contributed by atoms with E-state index in [-0.39, 0.29) is 6.42 Å². The third-order valence-corrected chi connectivity index (χ3v) is 4.09. The van der Waals surface area contributed by atoms with E-state index in [0.717, 1.165) is 0 Å². The van der Waals surface area contributed by atoms with Crippen LogP contribution in [0.4, 0.5) is 5.69 Å². The summed E-state index contributed by atoms with van der Waals surface area (Å²) in [6.07, 6.45) is -4.82. The Kier molecular flexibility index (Phi) is 5.41. The molecule has 5 atom stereocenters. The number of nitrogens with one attached hydrogen (secondary N) is 1. The Balaban J connectivity index is 2.36. The Morgan fingerprint density at radius 2 is 1.92 bits per heavy atom. The number of ether oxygens (including phenoxy) is 1. The zero-order chi connectivity index (χ0) is 18.1. The van der Waals surface area contributed by atoms with Crippen LogP contribution in [0.15, 0.2) is 24.3 Å². The highest BCUT2D eigenvalue weighted by atomic mass is 32.1. The molecule has 1 aromatic carbocycles. The van der Waals surface area contributed by atoms with Crippen LogP contribution in [-0.2, 0) is 16.0 Å². The van der Waals surface area contributed by atoms with Crippen LogP contribution in [0, 0.1) is 0 Å². The summed E-state index contributed by atoms with van der Waals surface area (Å²) in [5.41, 5.74) is 6.75. The number of nitrogen functional groups attached to an aromatic ring is 1. The molecule has 1 amide bonds. The predicted molar refractivity (Wildman–Crippen MR) is 89.2 cm³/mol. The van der Waals surface area contributed by atoms with Crippen LogP contribution in [0.25, 0.3) is 0 Å². The average Bonchev–Trinajstić information content (AvgIpc) is 2.49. The normalized spacial score (nSPS) is 33.0. The predicted octanol–water partition coefficient (Wildman–Crippen LogP) is -0.989. The molecular weight excluding hydrogens is 336 g/mol. The molecule has 1 heterocycles. The highest BCUT2D eigenvalue weighted by Gasteiger charge is 2.54. The van der Waals surface area contributed by atoms with Crippen molar-refractivity contribution >= 4 is 28.9 Å². The topological polar surface area (TPSA) is 145 Å². The summed E-state index contributed by atoms with van der Waals surface area (Å²) in [6.45, 7) is 1.20. The minimum absolute atomic E-state index is 0.138. The minimum atomic E-state index is -2.10. The molecule has 1 fully saturated rings. The van der Waals surface area contributed by atoms with E-state index in [9.17, 15) is 25.2 Å². The van der Waals surface area contributed by atoms with E-state index < -0.39 is 41.1 Å². The molecule has 132 valence electrons. The standard InChI is InChI=1S/C15H20N2O6S/c1-7(18)17-13-11(20)10(19)12(14(21)24)23-15(13,22)6-8-2-4-9(16)5-3-8/h2-5,10-13,19-20,22H,6,16H2,1H3,(H,17,18)(H,21,24)/t10-,11-,12-,13+,15+/m0/s1. The first kappa shape index (κ1) is 18.6. The van der Waals surface area contributed by atoms with Crippen molar-refractivity contribution in [3.8, 4) is 0 Å². The maximum Gasteiger partial charge on any atom is 0.217 e. The van der Waals surface area contributed by atoms with E-state index >= 15 is 0 Å². The van der Waals surface area contributed by atoms with Crippen molar-refractivity contribution < 1.29 is 30.0 Å². The van der Waals surface area contributed by atoms with E-state index in [1.807, 2.05) is 0 Å². The summed E-state index contributed by atoms with van der Waals surface area (Å²) in [4.78, 5) is 11.4. The number of hydrogen-bond donors (Lipinski definition) is 6. The fourth-order valence-corrected chi connectivity index (χ4v) is 2.89. The summed E-state index contributed by atoms with van der Waals surface area (Å²) in [6, 6.07) is 5.20. The summed E-state index contributed by atoms with van der Waals surface area (Å²) < 4.78 is 5.37. The van der Waals surface area contributed by atoms with Gasteiger partial charge in [-0.25, -0.2) is 0 Å². The fraction of sp³-hybridized carbons (Fsp3) is 0.467. The highest BCUT2D eigenvalue weighted by Crippen LogP contribution is 2.32. The van der Waals surface area contributed by atoms with Crippen LogP contribution in [0.2, 0.25) is 0 Å². The Hall–Kier alpha value is -1.78. The lowest BCUT2D eigenvalue weighted by Gasteiger charge is -2.47. The molecule has 1 saturated heterocycles. The molecule has 0 unspecified atom stereocenters. The number of aliphatic hydroxyl groups excluding tert-OH is 3. The molecular formula is C15H20N2O6S. The fourth-order valence-electron chi connectivity index (χ4n) is 2.70. The number of carbonyl (C=O) groups is 1. The molecule has 0 bridgehead atoms. The largest absolute Gasteiger partial charge is 0.500 e. The van der Waals surface area contributed by atoms with Crippen molar-refractivity contribution in [1.29, 1.82) is 0 Å². The second kappa shape index (κ2) is 6.99. The van der Waals surface area contributed by atoms with Crippen LogP contribution < -0.4 is 11.1 Å². The number of benzene rings is 1. The molecule has 0 aliphatic carbocycles. The molecule has 8 nitrogen and oxygen atoms in total. The second-order valence-corrected chi connectivity index (χ2v) is 6.22. The molecule has 1 aliphatic heterocycles. The van der Waals surface area contributed by atoms with Gasteiger partial charge in [0.2, 0.25) is 5.91 Å². The first-order valence-corrected chi connectivity index (χ1v) is 7.65. The smallest absolute Gasteiger partial charge is 0.217 e. The van der Waals surface area contributed by atoms with Crippen LogP contribution in [0.3, 0.4) is 0 Å². The number of thiocarbonyl (C=S) groups is 1. The summed E-state index contributed by atoms with van der Waals surface area (Å²) in [7, 11) is 0. The van der Waals surface area contributed by atoms with Gasteiger partial charge >= 0.3 is 0 Å². The molecule has 2 rings (SSSR count). The molecule has 0 radical (unpaired) electrons. The van der Waals surface area contributed by atoms with Gasteiger partial charge in [0.15, 0.2) is 16.9 Å². The number of carbonyl (C=O) groups excluding carboxylic acids is 1. The van der Waals surface area contributed by atoms with Gasteiger partial charge in [-0.15, -0.1) is 0 Å². The molecule has 0 spiro atoms. The summed E-state index contributed by atoms with van der Waals surface area (Å²) in [5.74, 6) is -2.63. The molecule has 24 heavy (non-hydrogen) atoms. The van der Waals surface area contributed by atoms with Crippen molar-refractivity contribution in [2.45, 2.75) is 43.5 Å². The highest BCUT2D eigenvalue weighted by molar-refractivity contribution is 7.80. The van der Waals surface area contributed by atoms with E-state index in [0.29, 0.717) is 11.3 Å². The lowest BCUT2D eigenvalue weighted by atomic mass is 9.86. The van der Waals surface area contributed by atoms with Crippen LogP contribution >= 0.6 is 12.2 Å². The SMILES string of the molecule is CC(=O)N[C@@H]1[C@@H](O)[C@H](O)[C@@H](C(O)=S)O[C@]1(O)Cc1ccc(N)cc1. The van der Waals surface area contributed by atoms with Crippen molar-refractivity contribution in [3.63, 3.8) is 0 Å². The van der Waals surface area contributed by atoms with E-state index in [4.69, 9.17) is 10.5 Å². The lowest BCUT2D eigenvalue weighted by molar-refractivity contribution is -0.300. The van der Waals surface area contributed by atoms with E-state index in [2.05, 4.69) is 17.5 Å². The summed E-state index contributed by atoms with van der Waals surface area (Å²) in [5, 5.41) is 42.3. The minimum Gasteiger partial charge on any atom is -0.500 e. The van der Waals surface area contributed by atoms with Gasteiger partial charge in [0.05, 0.1) is 0 Å². The maximum absolute atomic E-state index is 11.4. The quantitative estimate of drug-likeness (QED) is 0.298.